The normalized spacial score (nSPS) is 11.1. The summed E-state index contributed by atoms with van der Waals surface area (Å²) in [6.45, 7) is 2.56. The van der Waals surface area contributed by atoms with E-state index in [9.17, 15) is 14.9 Å². The lowest BCUT2D eigenvalue weighted by atomic mass is 10.0. The van der Waals surface area contributed by atoms with Crippen molar-refractivity contribution in [1.29, 1.82) is 0 Å². The molecule has 5 rings (SSSR count). The molecule has 0 saturated carbocycles. The molecule has 0 aliphatic carbocycles. The lowest BCUT2D eigenvalue weighted by molar-refractivity contribution is -0.384. The minimum atomic E-state index is -0.444. The number of pyridine rings is 2. The number of aromatic amines is 1. The number of hydrogen-bond donors (Lipinski definition) is 1. The Morgan fingerprint density at radius 1 is 1.03 bits per heavy atom. The third-order valence-electron chi connectivity index (χ3n) is 5.39. The number of rotatable bonds is 6. The maximum Gasteiger partial charge on any atom is 0.270 e. The van der Waals surface area contributed by atoms with Gasteiger partial charge in [-0.05, 0) is 42.4 Å². The third kappa shape index (κ3) is 3.84. The fraction of sp³-hybridized carbons (Fsp3) is 0.0833. The highest BCUT2D eigenvalue weighted by atomic mass is 32.2. The van der Waals surface area contributed by atoms with Crippen molar-refractivity contribution in [3.8, 4) is 22.5 Å². The summed E-state index contributed by atoms with van der Waals surface area (Å²) in [6.07, 6.45) is 3.37. The molecule has 3 aromatic heterocycles. The molecule has 0 bridgehead atoms. The lowest BCUT2D eigenvalue weighted by Crippen LogP contribution is -2.11. The molecular weight excluding hydrogens is 452 g/mol. The zero-order valence-electron chi connectivity index (χ0n) is 18.0. The molecule has 2 aromatic carbocycles. The number of fused-ring (bicyclic) bond motifs is 1. The monoisotopic (exact) mass is 470 g/mol. The molecule has 5 aromatic rings. The van der Waals surface area contributed by atoms with Gasteiger partial charge in [0.15, 0.2) is 11.0 Å². The predicted molar refractivity (Wildman–Crippen MR) is 130 cm³/mol. The van der Waals surface area contributed by atoms with E-state index in [0.29, 0.717) is 38.9 Å². The molecule has 0 amide bonds. The topological polar surface area (TPSA) is 120 Å². The van der Waals surface area contributed by atoms with Gasteiger partial charge in [-0.3, -0.25) is 19.9 Å². The van der Waals surface area contributed by atoms with Crippen molar-refractivity contribution >= 4 is 28.4 Å². The first kappa shape index (κ1) is 21.5. The molecule has 0 aliphatic rings. The lowest BCUT2D eigenvalue weighted by Gasteiger charge is -2.13. The second-order valence-electron chi connectivity index (χ2n) is 7.40. The van der Waals surface area contributed by atoms with Crippen molar-refractivity contribution in [2.24, 2.45) is 0 Å². The molecule has 1 N–H and O–H groups in total. The summed E-state index contributed by atoms with van der Waals surface area (Å²) in [5.74, 6) is 0.668. The maximum atomic E-state index is 13.3. The molecule has 168 valence electrons. The highest BCUT2D eigenvalue weighted by Gasteiger charge is 2.21. The summed E-state index contributed by atoms with van der Waals surface area (Å²) < 4.78 is 1.92. The van der Waals surface area contributed by atoms with Crippen LogP contribution in [0.5, 0.6) is 0 Å². The van der Waals surface area contributed by atoms with Gasteiger partial charge in [-0.1, -0.05) is 30.3 Å². The number of nitrogens with one attached hydrogen (secondary N) is 1. The number of hydrogen-bond acceptors (Lipinski definition) is 7. The Bertz CT molecular complexity index is 1570. The molecule has 34 heavy (non-hydrogen) atoms. The number of nitrogens with zero attached hydrogens (tertiary/aromatic N) is 5. The van der Waals surface area contributed by atoms with Gasteiger partial charge in [0.2, 0.25) is 0 Å². The Balaban J connectivity index is 1.73. The van der Waals surface area contributed by atoms with Gasteiger partial charge in [-0.15, -0.1) is 10.2 Å². The largest absolute Gasteiger partial charge is 0.321 e. The first-order valence-corrected chi connectivity index (χ1v) is 11.3. The average molecular weight is 471 g/mol. The van der Waals surface area contributed by atoms with E-state index in [4.69, 9.17) is 0 Å². The van der Waals surface area contributed by atoms with Crippen molar-refractivity contribution in [1.82, 2.24) is 24.7 Å². The first-order chi connectivity index (χ1) is 16.6. The molecule has 0 spiro atoms. The molecule has 9 nitrogen and oxygen atoms in total. The standard InChI is InChI=1S/C24H18N6O3S/c1-2-29-22(16-10-12-25-13-11-16)27-28-24(29)34-21-20(15-6-4-3-5-7-15)18-14-17(30(32)33)8-9-19(18)26-23(21)31/h3-14H,2H2,1H3,(H,26,31). The fourth-order valence-corrected chi connectivity index (χ4v) is 4.88. The van der Waals surface area contributed by atoms with Crippen LogP contribution in [0.2, 0.25) is 0 Å². The summed E-state index contributed by atoms with van der Waals surface area (Å²) in [4.78, 5) is 31.6. The molecule has 0 saturated heterocycles. The second kappa shape index (κ2) is 8.91. The minimum Gasteiger partial charge on any atom is -0.321 e. The van der Waals surface area contributed by atoms with Gasteiger partial charge in [-0.25, -0.2) is 0 Å². The van der Waals surface area contributed by atoms with Gasteiger partial charge < -0.3 is 9.55 Å². The number of nitro groups is 1. The molecule has 0 unspecified atom stereocenters. The molecule has 0 aliphatic heterocycles. The number of benzene rings is 2. The molecule has 10 heteroatoms. The van der Waals surface area contributed by atoms with Gasteiger partial charge >= 0.3 is 0 Å². The van der Waals surface area contributed by atoms with Crippen LogP contribution in [0.3, 0.4) is 0 Å². The quantitative estimate of drug-likeness (QED) is 0.276. The smallest absolute Gasteiger partial charge is 0.270 e. The van der Waals surface area contributed by atoms with E-state index in [1.165, 1.54) is 23.9 Å². The Labute approximate surface area is 197 Å². The van der Waals surface area contributed by atoms with Gasteiger partial charge in [0.1, 0.15) is 0 Å². The summed E-state index contributed by atoms with van der Waals surface area (Å²) in [5, 5.41) is 21.3. The van der Waals surface area contributed by atoms with Crippen LogP contribution in [-0.2, 0) is 6.54 Å². The molecule has 0 radical (unpaired) electrons. The summed E-state index contributed by atoms with van der Waals surface area (Å²) in [7, 11) is 0. The van der Waals surface area contributed by atoms with Gasteiger partial charge in [0.25, 0.3) is 11.2 Å². The zero-order chi connectivity index (χ0) is 23.7. The van der Waals surface area contributed by atoms with E-state index >= 15 is 0 Å². The SMILES string of the molecule is CCn1c(Sc2c(-c3ccccc3)c3cc([N+](=O)[O-])ccc3[nH]c2=O)nnc1-c1ccncc1. The van der Waals surface area contributed by atoms with Gasteiger partial charge in [0.05, 0.1) is 9.82 Å². The summed E-state index contributed by atoms with van der Waals surface area (Å²) in [5.41, 5.74) is 2.42. The Hall–Kier alpha value is -4.31. The van der Waals surface area contributed by atoms with Crippen molar-refractivity contribution in [2.45, 2.75) is 23.5 Å². The van der Waals surface area contributed by atoms with E-state index in [1.54, 1.807) is 18.5 Å². The van der Waals surface area contributed by atoms with Crippen LogP contribution in [0, 0.1) is 10.1 Å². The maximum absolute atomic E-state index is 13.3. The second-order valence-corrected chi connectivity index (χ2v) is 8.38. The van der Waals surface area contributed by atoms with Crippen molar-refractivity contribution in [3.05, 3.63) is 93.5 Å². The van der Waals surface area contributed by atoms with Crippen molar-refractivity contribution in [3.63, 3.8) is 0 Å². The van der Waals surface area contributed by atoms with Crippen LogP contribution in [0.4, 0.5) is 5.69 Å². The van der Waals surface area contributed by atoms with E-state index in [1.807, 2.05) is 54.0 Å². The molecule has 3 heterocycles. The first-order valence-electron chi connectivity index (χ1n) is 10.5. The third-order valence-corrected chi connectivity index (χ3v) is 6.47. The minimum absolute atomic E-state index is 0.0515. The van der Waals surface area contributed by atoms with Crippen LogP contribution >= 0.6 is 11.8 Å². The zero-order valence-corrected chi connectivity index (χ0v) is 18.8. The van der Waals surface area contributed by atoms with Crippen LogP contribution < -0.4 is 5.56 Å². The van der Waals surface area contributed by atoms with E-state index in [2.05, 4.69) is 20.2 Å². The molecular formula is C24H18N6O3S. The Morgan fingerprint density at radius 2 is 1.79 bits per heavy atom. The number of non-ortho nitro benzene ring substituents is 1. The van der Waals surface area contributed by atoms with E-state index in [0.717, 1.165) is 11.1 Å². The Kier molecular flexibility index (Phi) is 5.64. The average Bonchev–Trinajstić information content (AvgIpc) is 3.27. The van der Waals surface area contributed by atoms with Crippen LogP contribution in [0.25, 0.3) is 33.4 Å². The fourth-order valence-electron chi connectivity index (χ4n) is 3.82. The molecule has 0 atom stereocenters. The van der Waals surface area contributed by atoms with Gasteiger partial charge in [0, 0.05) is 53.1 Å². The number of nitro benzene ring substituents is 1. The predicted octanol–water partition coefficient (Wildman–Crippen LogP) is 4.93. The van der Waals surface area contributed by atoms with E-state index in [-0.39, 0.29) is 11.2 Å². The Morgan fingerprint density at radius 3 is 2.50 bits per heavy atom. The number of H-pyrrole nitrogens is 1. The summed E-state index contributed by atoms with van der Waals surface area (Å²) in [6, 6.07) is 17.5. The molecule has 0 fully saturated rings. The van der Waals surface area contributed by atoms with Crippen molar-refractivity contribution in [2.75, 3.05) is 0 Å². The number of aromatic nitrogens is 5. The van der Waals surface area contributed by atoms with Crippen LogP contribution in [-0.4, -0.2) is 29.7 Å². The van der Waals surface area contributed by atoms with Crippen LogP contribution in [0.1, 0.15) is 6.92 Å². The highest BCUT2D eigenvalue weighted by Crippen LogP contribution is 2.39. The van der Waals surface area contributed by atoms with E-state index < -0.39 is 4.92 Å². The summed E-state index contributed by atoms with van der Waals surface area (Å²) >= 11 is 1.19. The van der Waals surface area contributed by atoms with Gasteiger partial charge in [-0.2, -0.15) is 0 Å². The van der Waals surface area contributed by atoms with Crippen molar-refractivity contribution < 1.29 is 4.92 Å². The highest BCUT2D eigenvalue weighted by molar-refractivity contribution is 7.99. The van der Waals surface area contributed by atoms with Crippen LogP contribution in [0.15, 0.2) is 87.9 Å².